The molecule has 0 aromatic heterocycles. The first-order valence-corrected chi connectivity index (χ1v) is 4.53. The Morgan fingerprint density at radius 3 is 2.33 bits per heavy atom. The average Bonchev–Trinajstić information content (AvgIpc) is 1.83. The van der Waals surface area contributed by atoms with Gasteiger partial charge in [-0.15, -0.1) is 0 Å². The third-order valence-corrected chi connectivity index (χ3v) is 1.79. The van der Waals surface area contributed by atoms with E-state index in [-0.39, 0.29) is 0 Å². The summed E-state index contributed by atoms with van der Waals surface area (Å²) in [5.41, 5.74) is 0. The van der Waals surface area contributed by atoms with Crippen LogP contribution < -0.4 is 0 Å². The largest absolute Gasteiger partial charge is 0.481 e. The second-order valence-corrected chi connectivity index (χ2v) is 3.05. The highest BCUT2D eigenvalue weighted by Crippen LogP contribution is 2.27. The van der Waals surface area contributed by atoms with Crippen LogP contribution in [0.1, 0.15) is 39.5 Å². The third kappa shape index (κ3) is 7.32. The molecule has 0 aromatic rings. The van der Waals surface area contributed by atoms with Crippen molar-refractivity contribution in [2.24, 2.45) is 5.92 Å². The Balaban J connectivity index is 0.000000261. The standard InChI is InChI=1S/C8H14.C2H4O2/c1-2-3-5-8-6-4-7-8;1-2(3)4/h3,5,8H,2,4,6-7H2,1H3;1H3,(H,3,4). The van der Waals surface area contributed by atoms with Crippen LogP contribution in [0.25, 0.3) is 0 Å². The predicted octanol–water partition coefficient (Wildman–Crippen LogP) is 2.84. The van der Waals surface area contributed by atoms with Gasteiger partial charge < -0.3 is 5.11 Å². The van der Waals surface area contributed by atoms with Gasteiger partial charge in [-0.05, 0) is 25.2 Å². The summed E-state index contributed by atoms with van der Waals surface area (Å²) in [5.74, 6) is 0.120. The molecule has 70 valence electrons. The van der Waals surface area contributed by atoms with E-state index in [1.165, 1.54) is 25.7 Å². The third-order valence-electron chi connectivity index (χ3n) is 1.79. The van der Waals surface area contributed by atoms with Gasteiger partial charge in [0.25, 0.3) is 5.97 Å². The molecule has 0 amide bonds. The maximum atomic E-state index is 9.00. The average molecular weight is 170 g/mol. The fourth-order valence-corrected chi connectivity index (χ4v) is 0.961. The molecule has 2 heteroatoms. The van der Waals surface area contributed by atoms with Crippen molar-refractivity contribution in [3.05, 3.63) is 12.2 Å². The summed E-state index contributed by atoms with van der Waals surface area (Å²) in [5, 5.41) is 7.42. The Bertz CT molecular complexity index is 142. The Kier molecular flexibility index (Phi) is 6.44. The molecular formula is C10H18O2. The number of carbonyl (C=O) groups is 1. The summed E-state index contributed by atoms with van der Waals surface area (Å²) in [6.45, 7) is 3.27. The molecule has 1 aliphatic rings. The molecule has 0 radical (unpaired) electrons. The first-order chi connectivity index (χ1) is 5.66. The Labute approximate surface area is 74.3 Å². The number of allylic oxidation sites excluding steroid dienone is 2. The molecule has 0 heterocycles. The van der Waals surface area contributed by atoms with Crippen LogP contribution in [-0.4, -0.2) is 11.1 Å². The van der Waals surface area contributed by atoms with Gasteiger partial charge in [0.2, 0.25) is 0 Å². The molecule has 1 aliphatic carbocycles. The first kappa shape index (κ1) is 11.2. The van der Waals surface area contributed by atoms with Gasteiger partial charge in [-0.2, -0.15) is 0 Å². The van der Waals surface area contributed by atoms with Crippen molar-refractivity contribution in [1.82, 2.24) is 0 Å². The number of carboxylic acid groups (broad SMARTS) is 1. The molecule has 12 heavy (non-hydrogen) atoms. The maximum Gasteiger partial charge on any atom is 0.300 e. The van der Waals surface area contributed by atoms with Crippen LogP contribution in [0.4, 0.5) is 0 Å². The zero-order chi connectivity index (χ0) is 9.40. The van der Waals surface area contributed by atoms with Crippen molar-refractivity contribution in [3.63, 3.8) is 0 Å². The maximum absolute atomic E-state index is 9.00. The summed E-state index contributed by atoms with van der Waals surface area (Å²) >= 11 is 0. The molecule has 1 fully saturated rings. The van der Waals surface area contributed by atoms with Gasteiger partial charge in [-0.25, -0.2) is 0 Å². The highest BCUT2D eigenvalue weighted by atomic mass is 16.4. The zero-order valence-electron chi connectivity index (χ0n) is 7.92. The summed E-state index contributed by atoms with van der Waals surface area (Å²) in [6, 6.07) is 0. The second kappa shape index (κ2) is 6.89. The molecule has 0 bridgehead atoms. The lowest BCUT2D eigenvalue weighted by molar-refractivity contribution is -0.134. The van der Waals surface area contributed by atoms with Crippen molar-refractivity contribution in [2.75, 3.05) is 0 Å². The van der Waals surface area contributed by atoms with E-state index in [0.717, 1.165) is 12.8 Å². The number of hydrogen-bond acceptors (Lipinski definition) is 1. The lowest BCUT2D eigenvalue weighted by Gasteiger charge is -2.20. The number of hydrogen-bond donors (Lipinski definition) is 1. The quantitative estimate of drug-likeness (QED) is 0.647. The minimum absolute atomic E-state index is 0.833. The van der Waals surface area contributed by atoms with E-state index in [4.69, 9.17) is 9.90 Å². The molecular weight excluding hydrogens is 152 g/mol. The van der Waals surface area contributed by atoms with Crippen LogP contribution in [0.15, 0.2) is 12.2 Å². The van der Waals surface area contributed by atoms with E-state index in [1.54, 1.807) is 0 Å². The van der Waals surface area contributed by atoms with Crippen LogP contribution in [0.2, 0.25) is 0 Å². The van der Waals surface area contributed by atoms with Crippen molar-refractivity contribution in [1.29, 1.82) is 0 Å². The van der Waals surface area contributed by atoms with E-state index in [2.05, 4.69) is 19.1 Å². The highest BCUT2D eigenvalue weighted by Gasteiger charge is 2.12. The van der Waals surface area contributed by atoms with E-state index < -0.39 is 5.97 Å². The number of rotatable bonds is 2. The van der Waals surface area contributed by atoms with Crippen LogP contribution in [0.3, 0.4) is 0 Å². The monoisotopic (exact) mass is 170 g/mol. The summed E-state index contributed by atoms with van der Waals surface area (Å²) in [6.07, 6.45) is 10.2. The van der Waals surface area contributed by atoms with Crippen LogP contribution >= 0.6 is 0 Å². The van der Waals surface area contributed by atoms with E-state index in [9.17, 15) is 0 Å². The Morgan fingerprint density at radius 1 is 1.58 bits per heavy atom. The topological polar surface area (TPSA) is 37.3 Å². The molecule has 0 unspecified atom stereocenters. The fraction of sp³-hybridized carbons (Fsp3) is 0.700. The lowest BCUT2D eigenvalue weighted by Crippen LogP contribution is -2.06. The van der Waals surface area contributed by atoms with Crippen molar-refractivity contribution >= 4 is 5.97 Å². The van der Waals surface area contributed by atoms with Gasteiger partial charge in [0.05, 0.1) is 0 Å². The SMILES string of the molecule is CC(=O)O.CCC=CC1CCC1. The first-order valence-electron chi connectivity index (χ1n) is 4.53. The zero-order valence-corrected chi connectivity index (χ0v) is 7.92. The van der Waals surface area contributed by atoms with Crippen molar-refractivity contribution in [2.45, 2.75) is 39.5 Å². The fourth-order valence-electron chi connectivity index (χ4n) is 0.961. The lowest BCUT2D eigenvalue weighted by atomic mass is 9.85. The number of carboxylic acids is 1. The molecule has 1 saturated carbocycles. The van der Waals surface area contributed by atoms with Gasteiger partial charge in [0.15, 0.2) is 0 Å². The van der Waals surface area contributed by atoms with Crippen molar-refractivity contribution in [3.8, 4) is 0 Å². The minimum atomic E-state index is -0.833. The minimum Gasteiger partial charge on any atom is -0.481 e. The Hall–Kier alpha value is -0.790. The molecule has 1 rings (SSSR count). The smallest absolute Gasteiger partial charge is 0.300 e. The van der Waals surface area contributed by atoms with Crippen LogP contribution in [-0.2, 0) is 4.79 Å². The Morgan fingerprint density at radius 2 is 2.08 bits per heavy atom. The van der Waals surface area contributed by atoms with E-state index in [1.807, 2.05) is 0 Å². The van der Waals surface area contributed by atoms with Gasteiger partial charge >= 0.3 is 0 Å². The molecule has 1 N–H and O–H groups in total. The normalized spacial score (nSPS) is 16.5. The summed E-state index contributed by atoms with van der Waals surface area (Å²) in [7, 11) is 0. The highest BCUT2D eigenvalue weighted by molar-refractivity contribution is 5.62. The van der Waals surface area contributed by atoms with Crippen LogP contribution in [0.5, 0.6) is 0 Å². The predicted molar refractivity (Wildman–Crippen MR) is 50.1 cm³/mol. The molecule has 2 nitrogen and oxygen atoms in total. The molecule has 0 saturated heterocycles. The molecule has 0 atom stereocenters. The van der Waals surface area contributed by atoms with E-state index >= 15 is 0 Å². The second-order valence-electron chi connectivity index (χ2n) is 3.05. The van der Waals surface area contributed by atoms with E-state index in [0.29, 0.717) is 0 Å². The molecule has 0 aliphatic heterocycles. The van der Waals surface area contributed by atoms with Gasteiger partial charge in [0, 0.05) is 6.92 Å². The van der Waals surface area contributed by atoms with Gasteiger partial charge in [-0.1, -0.05) is 25.5 Å². The van der Waals surface area contributed by atoms with Crippen molar-refractivity contribution < 1.29 is 9.90 Å². The summed E-state index contributed by atoms with van der Waals surface area (Å²) in [4.78, 5) is 9.00. The van der Waals surface area contributed by atoms with Gasteiger partial charge in [-0.3, -0.25) is 4.79 Å². The summed E-state index contributed by atoms with van der Waals surface area (Å²) < 4.78 is 0. The van der Waals surface area contributed by atoms with Crippen LogP contribution in [0, 0.1) is 5.92 Å². The molecule has 0 aromatic carbocycles. The molecule has 0 spiro atoms. The number of aliphatic carboxylic acids is 1. The van der Waals surface area contributed by atoms with Gasteiger partial charge in [0.1, 0.15) is 0 Å².